The summed E-state index contributed by atoms with van der Waals surface area (Å²) in [6.45, 7) is 4.03. The lowest BCUT2D eigenvalue weighted by atomic mass is 9.84. The molecule has 3 fully saturated rings. The zero-order valence-electron chi connectivity index (χ0n) is 10.3. The van der Waals surface area contributed by atoms with E-state index in [2.05, 4.69) is 15.6 Å². The zero-order valence-corrected chi connectivity index (χ0v) is 10.3. The van der Waals surface area contributed by atoms with Crippen molar-refractivity contribution in [1.29, 1.82) is 0 Å². The molecule has 94 valence electrons. The fraction of sp³-hybridized carbons (Fsp3) is 0.833. The highest BCUT2D eigenvalue weighted by Gasteiger charge is 2.49. The van der Waals surface area contributed by atoms with E-state index in [0.29, 0.717) is 24.8 Å². The maximum atomic E-state index is 12.1. The molecule has 17 heavy (non-hydrogen) atoms. The average molecular weight is 237 g/mol. The van der Waals surface area contributed by atoms with Crippen molar-refractivity contribution in [2.45, 2.75) is 63.3 Å². The number of aliphatic imine (C=N–C) groups is 1. The molecule has 0 aromatic carbocycles. The van der Waals surface area contributed by atoms with Gasteiger partial charge in [0, 0.05) is 12.8 Å². The fourth-order valence-electron chi connectivity index (χ4n) is 2.84. The fourth-order valence-corrected chi connectivity index (χ4v) is 2.84. The maximum absolute atomic E-state index is 12.1. The van der Waals surface area contributed by atoms with Gasteiger partial charge in [0.1, 0.15) is 5.54 Å². The minimum Gasteiger partial charge on any atom is -0.375 e. The number of ether oxygens (including phenoxy) is 1. The van der Waals surface area contributed by atoms with Crippen molar-refractivity contribution in [2.75, 3.05) is 0 Å². The third kappa shape index (κ3) is 2.04. The minimum absolute atomic E-state index is 0.0545. The second-order valence-corrected chi connectivity index (χ2v) is 5.54. The lowest BCUT2D eigenvalue weighted by molar-refractivity contribution is -0.133. The third-order valence-electron chi connectivity index (χ3n) is 3.62. The Morgan fingerprint density at radius 3 is 2.53 bits per heavy atom. The number of nitrogens with one attached hydrogen (secondary N) is 2. The highest BCUT2D eigenvalue weighted by molar-refractivity contribution is 6.09. The lowest BCUT2D eigenvalue weighted by Crippen LogP contribution is -2.55. The van der Waals surface area contributed by atoms with Crippen LogP contribution >= 0.6 is 0 Å². The number of rotatable bonds is 1. The van der Waals surface area contributed by atoms with Crippen molar-refractivity contribution in [1.82, 2.24) is 10.6 Å². The van der Waals surface area contributed by atoms with E-state index in [1.165, 1.54) is 0 Å². The second kappa shape index (κ2) is 3.70. The van der Waals surface area contributed by atoms with Crippen LogP contribution < -0.4 is 10.6 Å². The van der Waals surface area contributed by atoms with E-state index in [1.54, 1.807) is 0 Å². The predicted molar refractivity (Wildman–Crippen MR) is 63.7 cm³/mol. The first kappa shape index (κ1) is 11.0. The minimum atomic E-state index is -0.495. The highest BCUT2D eigenvalue weighted by Crippen LogP contribution is 2.32. The molecule has 1 amide bonds. The second-order valence-electron chi connectivity index (χ2n) is 5.54. The summed E-state index contributed by atoms with van der Waals surface area (Å²) in [5.74, 6) is 0.720. The van der Waals surface area contributed by atoms with Gasteiger partial charge in [-0.15, -0.1) is 0 Å². The number of carbonyl (C=O) groups excluding carboxylic acids is 1. The summed E-state index contributed by atoms with van der Waals surface area (Å²) < 4.78 is 5.69. The topological polar surface area (TPSA) is 62.7 Å². The van der Waals surface area contributed by atoms with Crippen molar-refractivity contribution in [3.8, 4) is 0 Å². The van der Waals surface area contributed by atoms with Gasteiger partial charge in [0.25, 0.3) is 5.91 Å². The van der Waals surface area contributed by atoms with Crippen LogP contribution in [0, 0.1) is 0 Å². The number of hydrogen-bond donors (Lipinski definition) is 2. The molecule has 2 N–H and O–H groups in total. The molecule has 2 unspecified atom stereocenters. The van der Waals surface area contributed by atoms with Crippen molar-refractivity contribution in [3.05, 3.63) is 0 Å². The first-order chi connectivity index (χ1) is 8.07. The van der Waals surface area contributed by atoms with Crippen LogP contribution in [0.25, 0.3) is 0 Å². The number of carbonyl (C=O) groups is 1. The van der Waals surface area contributed by atoms with Gasteiger partial charge in [0.05, 0.1) is 18.2 Å². The van der Waals surface area contributed by atoms with Gasteiger partial charge in [-0.25, -0.2) is 4.99 Å². The molecule has 0 aromatic heterocycles. The molecule has 2 atom stereocenters. The quantitative estimate of drug-likeness (QED) is 0.700. The van der Waals surface area contributed by atoms with E-state index in [-0.39, 0.29) is 18.1 Å². The molecule has 3 rings (SSSR count). The molecule has 2 aliphatic heterocycles. The van der Waals surface area contributed by atoms with Gasteiger partial charge in [-0.2, -0.15) is 0 Å². The van der Waals surface area contributed by atoms with Crippen LogP contribution in [0.15, 0.2) is 4.99 Å². The molecule has 2 heterocycles. The highest BCUT2D eigenvalue weighted by atomic mass is 16.5. The standard InChI is InChI=1S/C12H19N3O2/c1-7-5-12(6-8(2)17-7)10(16)14-11(15-12)13-9-3-4-9/h7-9H,3-6H2,1-2H3,(H2,13,14,15,16). The van der Waals surface area contributed by atoms with E-state index in [1.807, 2.05) is 13.8 Å². The largest absolute Gasteiger partial charge is 0.375 e. The first-order valence-corrected chi connectivity index (χ1v) is 6.40. The van der Waals surface area contributed by atoms with Crippen LogP contribution in [-0.4, -0.2) is 35.7 Å². The van der Waals surface area contributed by atoms with Crippen molar-refractivity contribution >= 4 is 11.9 Å². The molecule has 5 heteroatoms. The predicted octanol–water partition coefficient (Wildman–Crippen LogP) is 0.550. The van der Waals surface area contributed by atoms with Crippen LogP contribution in [0.5, 0.6) is 0 Å². The van der Waals surface area contributed by atoms with Crippen molar-refractivity contribution < 1.29 is 9.53 Å². The molecule has 0 aromatic rings. The molecular weight excluding hydrogens is 218 g/mol. The van der Waals surface area contributed by atoms with Gasteiger partial charge in [-0.3, -0.25) is 10.1 Å². The van der Waals surface area contributed by atoms with Gasteiger partial charge in [-0.05, 0) is 26.7 Å². The molecule has 2 saturated heterocycles. The third-order valence-corrected chi connectivity index (χ3v) is 3.62. The SMILES string of the molecule is CC1CC2(CC(C)O1)NC(=NC1CC1)NC2=O. The van der Waals surface area contributed by atoms with Crippen LogP contribution in [0.4, 0.5) is 0 Å². The van der Waals surface area contributed by atoms with Crippen LogP contribution in [0.2, 0.25) is 0 Å². The molecular formula is C12H19N3O2. The Balaban J connectivity index is 1.79. The molecule has 5 nitrogen and oxygen atoms in total. The average Bonchev–Trinajstić information content (AvgIpc) is 2.94. The van der Waals surface area contributed by atoms with Gasteiger partial charge >= 0.3 is 0 Å². The Kier molecular flexibility index (Phi) is 2.40. The van der Waals surface area contributed by atoms with Crippen LogP contribution in [-0.2, 0) is 9.53 Å². The number of hydrogen-bond acceptors (Lipinski definition) is 3. The molecule has 3 aliphatic rings. The maximum Gasteiger partial charge on any atom is 0.252 e. The first-order valence-electron chi connectivity index (χ1n) is 6.40. The molecule has 1 spiro atoms. The summed E-state index contributed by atoms with van der Waals surface area (Å²) in [5.41, 5.74) is -0.495. The van der Waals surface area contributed by atoms with Gasteiger partial charge in [-0.1, -0.05) is 0 Å². The van der Waals surface area contributed by atoms with Gasteiger partial charge in [0.15, 0.2) is 5.96 Å². The van der Waals surface area contributed by atoms with Crippen LogP contribution in [0.3, 0.4) is 0 Å². The Morgan fingerprint density at radius 1 is 1.29 bits per heavy atom. The summed E-state index contributed by atoms with van der Waals surface area (Å²) in [6.07, 6.45) is 3.93. The van der Waals surface area contributed by atoms with E-state index in [4.69, 9.17) is 4.74 Å². The van der Waals surface area contributed by atoms with Gasteiger partial charge in [0.2, 0.25) is 0 Å². The number of nitrogens with zero attached hydrogens (tertiary/aromatic N) is 1. The Morgan fingerprint density at radius 2 is 1.94 bits per heavy atom. The Bertz CT molecular complexity index is 366. The smallest absolute Gasteiger partial charge is 0.252 e. The number of amides is 1. The Labute approximate surface area is 101 Å². The van der Waals surface area contributed by atoms with Crippen molar-refractivity contribution in [2.24, 2.45) is 4.99 Å². The molecule has 0 radical (unpaired) electrons. The van der Waals surface area contributed by atoms with E-state index >= 15 is 0 Å². The van der Waals surface area contributed by atoms with E-state index in [0.717, 1.165) is 12.8 Å². The van der Waals surface area contributed by atoms with Crippen LogP contribution in [0.1, 0.15) is 39.5 Å². The Hall–Kier alpha value is -1.10. The summed E-state index contributed by atoms with van der Waals surface area (Å²) in [4.78, 5) is 16.6. The summed E-state index contributed by atoms with van der Waals surface area (Å²) in [7, 11) is 0. The molecule has 1 aliphatic carbocycles. The normalized spacial score (nSPS) is 43.9. The lowest BCUT2D eigenvalue weighted by Gasteiger charge is -2.38. The summed E-state index contributed by atoms with van der Waals surface area (Å²) >= 11 is 0. The summed E-state index contributed by atoms with van der Waals surface area (Å²) in [6, 6.07) is 0.419. The molecule has 1 saturated carbocycles. The zero-order chi connectivity index (χ0) is 12.0. The molecule has 0 bridgehead atoms. The number of guanidine groups is 1. The monoisotopic (exact) mass is 237 g/mol. The van der Waals surface area contributed by atoms with Crippen molar-refractivity contribution in [3.63, 3.8) is 0 Å². The van der Waals surface area contributed by atoms with E-state index in [9.17, 15) is 4.79 Å². The van der Waals surface area contributed by atoms with E-state index < -0.39 is 5.54 Å². The van der Waals surface area contributed by atoms with Gasteiger partial charge < -0.3 is 10.1 Å². The summed E-state index contributed by atoms with van der Waals surface area (Å²) in [5, 5.41) is 6.17.